The number of guanidine groups is 1. The zero-order valence-electron chi connectivity index (χ0n) is 16.0. The van der Waals surface area contributed by atoms with E-state index in [0.29, 0.717) is 37.8 Å². The molecule has 0 radical (unpaired) electrons. The van der Waals surface area contributed by atoms with E-state index < -0.39 is 11.6 Å². The van der Waals surface area contributed by atoms with Crippen LogP contribution in [0.4, 0.5) is 14.5 Å². The van der Waals surface area contributed by atoms with Crippen LogP contribution in [0.15, 0.2) is 23.2 Å². The van der Waals surface area contributed by atoms with Gasteiger partial charge in [-0.2, -0.15) is 0 Å². The Morgan fingerprint density at radius 2 is 2.04 bits per heavy atom. The lowest BCUT2D eigenvalue weighted by Crippen LogP contribution is -2.45. The topological polar surface area (TPSA) is 68.8 Å². The van der Waals surface area contributed by atoms with Gasteiger partial charge in [0.2, 0.25) is 5.91 Å². The molecule has 3 N–H and O–H groups in total. The van der Waals surface area contributed by atoms with E-state index in [1.807, 2.05) is 11.8 Å². The molecule has 2 aliphatic rings. The smallest absolute Gasteiger partial charge is 0.223 e. The first-order chi connectivity index (χ1) is 13.1. The number of benzene rings is 1. The summed E-state index contributed by atoms with van der Waals surface area (Å²) in [7, 11) is 0. The molecule has 3 rings (SSSR count). The third kappa shape index (κ3) is 6.46. The van der Waals surface area contributed by atoms with Crippen LogP contribution in [0.2, 0.25) is 0 Å². The maximum atomic E-state index is 14.0. The van der Waals surface area contributed by atoms with Gasteiger partial charge in [0.15, 0.2) is 5.96 Å². The number of halogens is 3. The Morgan fingerprint density at radius 1 is 1.25 bits per heavy atom. The fourth-order valence-corrected chi connectivity index (χ4v) is 3.18. The maximum Gasteiger partial charge on any atom is 0.223 e. The fraction of sp³-hybridized carbons (Fsp3) is 0.579. The van der Waals surface area contributed by atoms with Crippen LogP contribution >= 0.6 is 24.0 Å². The number of hydrogen-bond acceptors (Lipinski definition) is 3. The summed E-state index contributed by atoms with van der Waals surface area (Å²) in [6, 6.07) is 3.79. The molecule has 1 aliphatic heterocycles. The van der Waals surface area contributed by atoms with Crippen molar-refractivity contribution >= 4 is 41.5 Å². The van der Waals surface area contributed by atoms with Gasteiger partial charge in [0.25, 0.3) is 0 Å². The minimum absolute atomic E-state index is 0. The Labute approximate surface area is 181 Å². The molecule has 1 unspecified atom stereocenters. The van der Waals surface area contributed by atoms with Gasteiger partial charge in [-0.15, -0.1) is 24.0 Å². The standard InChI is InChI=1S/C19H27F2N5O.HI/c1-2-22-19(24-9-8-23-18(27)13-3-4-13)25-15-7-10-26(12-15)17-6-5-14(20)11-16(17)21;/h5-6,11,13,15H,2-4,7-10,12H2,1H3,(H,23,27)(H2,22,24,25);1H. The zero-order chi connectivity index (χ0) is 19.2. The summed E-state index contributed by atoms with van der Waals surface area (Å²) in [6.07, 6.45) is 2.82. The summed E-state index contributed by atoms with van der Waals surface area (Å²) in [5.74, 6) is -0.0970. The number of nitrogens with one attached hydrogen (secondary N) is 3. The van der Waals surface area contributed by atoms with Gasteiger partial charge in [-0.05, 0) is 38.3 Å². The number of nitrogens with zero attached hydrogens (tertiary/aromatic N) is 2. The minimum Gasteiger partial charge on any atom is -0.367 e. The molecule has 1 aromatic carbocycles. The van der Waals surface area contributed by atoms with Gasteiger partial charge < -0.3 is 20.9 Å². The average Bonchev–Trinajstić information content (AvgIpc) is 3.39. The fourth-order valence-electron chi connectivity index (χ4n) is 3.18. The van der Waals surface area contributed by atoms with Gasteiger partial charge in [-0.25, -0.2) is 8.78 Å². The molecule has 1 saturated carbocycles. The lowest BCUT2D eigenvalue weighted by molar-refractivity contribution is -0.122. The Bertz CT molecular complexity index is 699. The quantitative estimate of drug-likeness (QED) is 0.229. The monoisotopic (exact) mass is 507 g/mol. The molecule has 1 saturated heterocycles. The molecule has 1 aromatic rings. The van der Waals surface area contributed by atoms with Crippen LogP contribution in [0.5, 0.6) is 0 Å². The lowest BCUT2D eigenvalue weighted by atomic mass is 10.2. The molecule has 1 heterocycles. The van der Waals surface area contributed by atoms with Crippen molar-refractivity contribution in [3.8, 4) is 0 Å². The Hall–Kier alpha value is -1.65. The summed E-state index contributed by atoms with van der Waals surface area (Å²) in [5.41, 5.74) is 0.422. The Kier molecular flexibility index (Phi) is 8.71. The van der Waals surface area contributed by atoms with Crippen LogP contribution in [0.3, 0.4) is 0 Å². The minimum atomic E-state index is -0.569. The number of amides is 1. The Balaban J connectivity index is 0.00000280. The van der Waals surface area contributed by atoms with Gasteiger partial charge >= 0.3 is 0 Å². The van der Waals surface area contributed by atoms with Gasteiger partial charge in [-0.3, -0.25) is 9.79 Å². The van der Waals surface area contributed by atoms with Crippen molar-refractivity contribution < 1.29 is 13.6 Å². The first kappa shape index (κ1) is 22.6. The van der Waals surface area contributed by atoms with Crippen LogP contribution < -0.4 is 20.9 Å². The summed E-state index contributed by atoms with van der Waals surface area (Å²) in [5, 5.41) is 9.44. The van der Waals surface area contributed by atoms with Crippen molar-refractivity contribution in [1.29, 1.82) is 0 Å². The summed E-state index contributed by atoms with van der Waals surface area (Å²) < 4.78 is 27.1. The highest BCUT2D eigenvalue weighted by Gasteiger charge is 2.29. The third-order valence-corrected chi connectivity index (χ3v) is 4.75. The van der Waals surface area contributed by atoms with Gasteiger partial charge in [0, 0.05) is 44.2 Å². The van der Waals surface area contributed by atoms with Crippen molar-refractivity contribution in [2.45, 2.75) is 32.2 Å². The van der Waals surface area contributed by atoms with E-state index in [1.54, 1.807) is 0 Å². The summed E-state index contributed by atoms with van der Waals surface area (Å²) in [4.78, 5) is 18.0. The highest BCUT2D eigenvalue weighted by atomic mass is 127. The van der Waals surface area contributed by atoms with E-state index >= 15 is 0 Å². The van der Waals surface area contributed by atoms with E-state index in [0.717, 1.165) is 31.9 Å². The molecule has 1 atom stereocenters. The molecule has 156 valence electrons. The molecule has 28 heavy (non-hydrogen) atoms. The number of anilines is 1. The molecule has 1 aliphatic carbocycles. The van der Waals surface area contributed by atoms with Crippen LogP contribution in [-0.2, 0) is 4.79 Å². The molecule has 0 spiro atoms. The van der Waals surface area contributed by atoms with Gasteiger partial charge in [0.05, 0.1) is 12.2 Å². The second-order valence-electron chi connectivity index (χ2n) is 7.00. The van der Waals surface area contributed by atoms with E-state index in [9.17, 15) is 13.6 Å². The van der Waals surface area contributed by atoms with Crippen molar-refractivity contribution in [3.63, 3.8) is 0 Å². The summed E-state index contributed by atoms with van der Waals surface area (Å²) >= 11 is 0. The highest BCUT2D eigenvalue weighted by molar-refractivity contribution is 14.0. The number of carbonyl (C=O) groups is 1. The average molecular weight is 507 g/mol. The second kappa shape index (κ2) is 10.8. The maximum absolute atomic E-state index is 14.0. The number of carbonyl (C=O) groups excluding carboxylic acids is 1. The highest BCUT2D eigenvalue weighted by Crippen LogP contribution is 2.28. The van der Waals surface area contributed by atoms with E-state index in [1.165, 1.54) is 12.1 Å². The summed E-state index contributed by atoms with van der Waals surface area (Å²) in [6.45, 7) is 5.03. The first-order valence-electron chi connectivity index (χ1n) is 9.59. The molecule has 0 bridgehead atoms. The molecular formula is C19H28F2IN5O. The number of aliphatic imine (C=N–C) groups is 1. The van der Waals surface area contributed by atoms with Crippen molar-refractivity contribution in [2.24, 2.45) is 10.9 Å². The zero-order valence-corrected chi connectivity index (χ0v) is 18.3. The van der Waals surface area contributed by atoms with Crippen LogP contribution in [0.25, 0.3) is 0 Å². The van der Waals surface area contributed by atoms with Crippen LogP contribution in [0.1, 0.15) is 26.2 Å². The lowest BCUT2D eigenvalue weighted by Gasteiger charge is -2.21. The molecule has 1 amide bonds. The van der Waals surface area contributed by atoms with Crippen LogP contribution in [0, 0.1) is 17.6 Å². The molecule has 0 aromatic heterocycles. The third-order valence-electron chi connectivity index (χ3n) is 4.75. The van der Waals surface area contributed by atoms with Gasteiger partial charge in [0.1, 0.15) is 11.6 Å². The second-order valence-corrected chi connectivity index (χ2v) is 7.00. The SMILES string of the molecule is CCNC(=NCCNC(=O)C1CC1)NC1CCN(c2ccc(F)cc2F)C1.I. The largest absolute Gasteiger partial charge is 0.367 e. The molecule has 9 heteroatoms. The Morgan fingerprint density at radius 3 is 2.71 bits per heavy atom. The van der Waals surface area contributed by atoms with E-state index in [-0.39, 0.29) is 41.8 Å². The van der Waals surface area contributed by atoms with E-state index in [2.05, 4.69) is 20.9 Å². The van der Waals surface area contributed by atoms with Gasteiger partial charge in [-0.1, -0.05) is 0 Å². The van der Waals surface area contributed by atoms with Crippen molar-refractivity contribution in [1.82, 2.24) is 16.0 Å². The molecular weight excluding hydrogens is 479 g/mol. The first-order valence-corrected chi connectivity index (χ1v) is 9.59. The molecule has 6 nitrogen and oxygen atoms in total. The predicted molar refractivity (Wildman–Crippen MR) is 117 cm³/mol. The predicted octanol–water partition coefficient (Wildman–Crippen LogP) is 2.24. The van der Waals surface area contributed by atoms with E-state index in [4.69, 9.17) is 0 Å². The van der Waals surface area contributed by atoms with Crippen LogP contribution in [-0.4, -0.2) is 50.6 Å². The number of hydrogen-bond donors (Lipinski definition) is 3. The van der Waals surface area contributed by atoms with Crippen molar-refractivity contribution in [2.75, 3.05) is 37.6 Å². The normalized spacial score (nSPS) is 19.2. The van der Waals surface area contributed by atoms with Crippen molar-refractivity contribution in [3.05, 3.63) is 29.8 Å². The molecule has 2 fully saturated rings. The number of rotatable bonds is 7.